The average Bonchev–Trinajstić information content (AvgIpc) is 3.47. The molecule has 1 amide bonds. The third-order valence-corrected chi connectivity index (χ3v) is 6.07. The molecule has 1 atom stereocenters. The molecule has 1 fully saturated rings. The Morgan fingerprint density at radius 1 is 1.25 bits per heavy atom. The second-order valence-electron chi connectivity index (χ2n) is 7.66. The number of amides is 1. The van der Waals surface area contributed by atoms with Crippen LogP contribution >= 0.6 is 11.8 Å². The van der Waals surface area contributed by atoms with Crippen LogP contribution in [0.1, 0.15) is 50.0 Å². The number of hydrogen-bond acceptors (Lipinski definition) is 6. The average molecular weight is 403 g/mol. The van der Waals surface area contributed by atoms with Crippen molar-refractivity contribution in [2.75, 3.05) is 19.0 Å². The van der Waals surface area contributed by atoms with Gasteiger partial charge in [-0.2, -0.15) is 0 Å². The van der Waals surface area contributed by atoms with E-state index in [0.29, 0.717) is 24.9 Å². The molecule has 2 heterocycles. The minimum absolute atomic E-state index is 0.0189. The van der Waals surface area contributed by atoms with Crippen molar-refractivity contribution in [2.45, 2.75) is 43.8 Å². The first kappa shape index (κ1) is 19.1. The molecule has 7 nitrogen and oxygen atoms in total. The molecule has 2 aromatic rings. The van der Waals surface area contributed by atoms with Crippen LogP contribution < -0.4 is 14.8 Å². The number of aromatic nitrogens is 3. The van der Waals surface area contributed by atoms with Crippen LogP contribution in [0.3, 0.4) is 0 Å². The van der Waals surface area contributed by atoms with Crippen molar-refractivity contribution >= 4 is 17.7 Å². The minimum atomic E-state index is -0.0922. The number of carbonyl (C=O) groups is 1. The number of ether oxygens (including phenoxy) is 2. The van der Waals surface area contributed by atoms with Crippen LogP contribution in [-0.2, 0) is 11.8 Å². The summed E-state index contributed by atoms with van der Waals surface area (Å²) in [6, 6.07) is 5.79. The van der Waals surface area contributed by atoms with E-state index in [0.717, 1.165) is 28.0 Å². The van der Waals surface area contributed by atoms with E-state index >= 15 is 0 Å². The van der Waals surface area contributed by atoms with Crippen LogP contribution in [0.25, 0.3) is 0 Å². The smallest absolute Gasteiger partial charge is 0.230 e. The monoisotopic (exact) mass is 402 g/mol. The van der Waals surface area contributed by atoms with E-state index < -0.39 is 0 Å². The standard InChI is InChI=1S/C20H26N4O3S/c1-12(2)18(14-6-7-15-16(10-14)27-9-8-26-15)21-17(25)11-28-20-23-22-19(24(20)3)13-4-5-13/h6-7,10,12-13,18H,4-5,8-9,11H2,1-3H3,(H,21,25)/t18-/m1/s1. The maximum atomic E-state index is 12.6. The van der Waals surface area contributed by atoms with Gasteiger partial charge >= 0.3 is 0 Å². The van der Waals surface area contributed by atoms with E-state index in [-0.39, 0.29) is 17.9 Å². The van der Waals surface area contributed by atoms with Crippen LogP contribution in [0.4, 0.5) is 0 Å². The summed E-state index contributed by atoms with van der Waals surface area (Å²) in [4.78, 5) is 12.6. The van der Waals surface area contributed by atoms with Crippen molar-refractivity contribution in [1.29, 1.82) is 0 Å². The maximum absolute atomic E-state index is 12.6. The van der Waals surface area contributed by atoms with Gasteiger partial charge in [-0.1, -0.05) is 31.7 Å². The lowest BCUT2D eigenvalue weighted by Crippen LogP contribution is -2.33. The summed E-state index contributed by atoms with van der Waals surface area (Å²) < 4.78 is 13.3. The summed E-state index contributed by atoms with van der Waals surface area (Å²) in [6.07, 6.45) is 2.37. The molecule has 1 aliphatic heterocycles. The molecule has 2 aliphatic rings. The lowest BCUT2D eigenvalue weighted by Gasteiger charge is -2.25. The number of rotatable bonds is 7. The molecule has 28 heavy (non-hydrogen) atoms. The van der Waals surface area contributed by atoms with Crippen molar-refractivity contribution in [3.8, 4) is 11.5 Å². The van der Waals surface area contributed by atoms with Gasteiger partial charge in [0.2, 0.25) is 5.91 Å². The SMILES string of the molecule is CC(C)[C@@H](NC(=O)CSc1nnc(C2CC2)n1C)c1ccc2c(c1)OCCO2. The number of thioether (sulfide) groups is 1. The van der Waals surface area contributed by atoms with E-state index in [1.54, 1.807) is 0 Å². The number of fused-ring (bicyclic) bond motifs is 1. The molecule has 0 bridgehead atoms. The Kier molecular flexibility index (Phi) is 5.48. The zero-order chi connectivity index (χ0) is 19.7. The first-order chi connectivity index (χ1) is 13.5. The summed E-state index contributed by atoms with van der Waals surface area (Å²) in [7, 11) is 1.97. The van der Waals surface area contributed by atoms with Crippen molar-refractivity contribution in [1.82, 2.24) is 20.1 Å². The highest BCUT2D eigenvalue weighted by molar-refractivity contribution is 7.99. The second kappa shape index (κ2) is 8.03. The Hall–Kier alpha value is -2.22. The summed E-state index contributed by atoms with van der Waals surface area (Å²) in [6.45, 7) is 5.31. The van der Waals surface area contributed by atoms with Gasteiger partial charge in [0.1, 0.15) is 19.0 Å². The predicted octanol–water partition coefficient (Wildman–Crippen LogP) is 3.07. The summed E-state index contributed by atoms with van der Waals surface area (Å²) in [5.74, 6) is 3.60. The fraction of sp³-hybridized carbons (Fsp3) is 0.550. The third-order valence-electron chi connectivity index (χ3n) is 5.05. The quantitative estimate of drug-likeness (QED) is 0.717. The summed E-state index contributed by atoms with van der Waals surface area (Å²) in [5, 5.41) is 12.5. The molecule has 0 unspecified atom stereocenters. The van der Waals surface area contributed by atoms with Gasteiger partial charge < -0.3 is 19.4 Å². The highest BCUT2D eigenvalue weighted by atomic mass is 32.2. The topological polar surface area (TPSA) is 78.3 Å². The van der Waals surface area contributed by atoms with Gasteiger partial charge in [-0.05, 0) is 36.5 Å². The van der Waals surface area contributed by atoms with Gasteiger partial charge in [-0.25, -0.2) is 0 Å². The lowest BCUT2D eigenvalue weighted by atomic mass is 9.95. The molecular weight excluding hydrogens is 376 g/mol. The van der Waals surface area contributed by atoms with Gasteiger partial charge in [0.05, 0.1) is 11.8 Å². The maximum Gasteiger partial charge on any atom is 0.230 e. The van der Waals surface area contributed by atoms with E-state index in [9.17, 15) is 4.79 Å². The Balaban J connectivity index is 1.39. The predicted molar refractivity (Wildman–Crippen MR) is 107 cm³/mol. The Morgan fingerprint density at radius 3 is 2.71 bits per heavy atom. The number of hydrogen-bond donors (Lipinski definition) is 1. The van der Waals surface area contributed by atoms with Crippen LogP contribution in [0.15, 0.2) is 23.4 Å². The van der Waals surface area contributed by atoms with Crippen LogP contribution in [0.5, 0.6) is 11.5 Å². The molecule has 1 aliphatic carbocycles. The molecule has 4 rings (SSSR count). The molecular formula is C20H26N4O3S. The van der Waals surface area contributed by atoms with Crippen LogP contribution in [0, 0.1) is 5.92 Å². The molecule has 0 radical (unpaired) electrons. The Labute approximate surface area is 169 Å². The number of benzene rings is 1. The van der Waals surface area contributed by atoms with E-state index in [2.05, 4.69) is 29.4 Å². The number of nitrogens with zero attached hydrogens (tertiary/aromatic N) is 3. The number of nitrogens with one attached hydrogen (secondary N) is 1. The Bertz CT molecular complexity index is 863. The van der Waals surface area contributed by atoms with Gasteiger partial charge in [-0.3, -0.25) is 4.79 Å². The van der Waals surface area contributed by atoms with Gasteiger partial charge in [0.25, 0.3) is 0 Å². The lowest BCUT2D eigenvalue weighted by molar-refractivity contribution is -0.119. The normalized spacial score (nSPS) is 16.9. The van der Waals surface area contributed by atoms with Crippen LogP contribution in [-0.4, -0.2) is 39.6 Å². The summed E-state index contributed by atoms with van der Waals surface area (Å²) in [5.41, 5.74) is 1.02. The van der Waals surface area contributed by atoms with Gasteiger partial charge in [0.15, 0.2) is 16.7 Å². The van der Waals surface area contributed by atoms with Crippen molar-refractivity contribution in [3.05, 3.63) is 29.6 Å². The molecule has 1 aromatic heterocycles. The molecule has 150 valence electrons. The van der Waals surface area contributed by atoms with Gasteiger partial charge in [0, 0.05) is 13.0 Å². The van der Waals surface area contributed by atoms with E-state index in [1.165, 1.54) is 24.6 Å². The fourth-order valence-electron chi connectivity index (χ4n) is 3.38. The first-order valence-corrected chi connectivity index (χ1v) is 10.7. The second-order valence-corrected chi connectivity index (χ2v) is 8.60. The molecule has 1 N–H and O–H groups in total. The third kappa shape index (κ3) is 4.11. The van der Waals surface area contributed by atoms with E-state index in [4.69, 9.17) is 9.47 Å². The largest absolute Gasteiger partial charge is 0.486 e. The van der Waals surface area contributed by atoms with Crippen molar-refractivity contribution in [3.63, 3.8) is 0 Å². The molecule has 1 saturated carbocycles. The highest BCUT2D eigenvalue weighted by Gasteiger charge is 2.29. The van der Waals surface area contributed by atoms with Crippen LogP contribution in [0.2, 0.25) is 0 Å². The van der Waals surface area contributed by atoms with Crippen molar-refractivity contribution in [2.24, 2.45) is 13.0 Å². The summed E-state index contributed by atoms with van der Waals surface area (Å²) >= 11 is 1.43. The molecule has 8 heteroatoms. The first-order valence-electron chi connectivity index (χ1n) is 9.74. The Morgan fingerprint density at radius 2 is 2.00 bits per heavy atom. The fourth-order valence-corrected chi connectivity index (χ4v) is 4.11. The molecule has 1 aromatic carbocycles. The zero-order valence-electron chi connectivity index (χ0n) is 16.5. The number of carbonyl (C=O) groups excluding carboxylic acids is 1. The van der Waals surface area contributed by atoms with Crippen molar-refractivity contribution < 1.29 is 14.3 Å². The highest BCUT2D eigenvalue weighted by Crippen LogP contribution is 2.39. The zero-order valence-corrected chi connectivity index (χ0v) is 17.3. The molecule has 0 spiro atoms. The van der Waals surface area contributed by atoms with Gasteiger partial charge in [-0.15, -0.1) is 10.2 Å². The van der Waals surface area contributed by atoms with E-state index in [1.807, 2.05) is 29.8 Å². The molecule has 0 saturated heterocycles. The minimum Gasteiger partial charge on any atom is -0.486 e.